The maximum atomic E-state index is 7.04. The zero-order chi connectivity index (χ0) is 41.4. The number of aromatic nitrogens is 4. The van der Waals surface area contributed by atoms with E-state index in [0.717, 1.165) is 88.4 Å². The minimum Gasteiger partial charge on any atom is -0.455 e. The van der Waals surface area contributed by atoms with Crippen molar-refractivity contribution in [3.05, 3.63) is 206 Å². The van der Waals surface area contributed by atoms with Crippen molar-refractivity contribution >= 4 is 65.7 Å². The van der Waals surface area contributed by atoms with Gasteiger partial charge in [0.2, 0.25) is 0 Å². The molecule has 4 heterocycles. The van der Waals surface area contributed by atoms with Crippen molar-refractivity contribution < 1.29 is 8.83 Å². The standard InChI is InChI=1S/C57H34N4O2/c1-3-15-35(16-4-1)37-19-13-20-38(31-37)39-29-30-44-47-33-40(61-49-26-10-7-21-41(49)42-22-8-11-27-50(42)61)34-48(54(47)63-52(44)32-39)57-59-55(36-17-5-2-6-18-36)58-56(60-57)46-25-14-24-45-43-23-9-12-28-51(43)62-53(45)46/h1-34H. The van der Waals surface area contributed by atoms with Crippen molar-refractivity contribution in [3.63, 3.8) is 0 Å². The van der Waals surface area contributed by atoms with E-state index >= 15 is 0 Å². The average molecular weight is 807 g/mol. The Hall–Kier alpha value is -8.61. The Morgan fingerprint density at radius 1 is 0.302 bits per heavy atom. The molecule has 0 fully saturated rings. The van der Waals surface area contributed by atoms with Crippen molar-refractivity contribution in [3.8, 4) is 62.1 Å². The van der Waals surface area contributed by atoms with Gasteiger partial charge in [0.15, 0.2) is 17.5 Å². The van der Waals surface area contributed by atoms with Gasteiger partial charge in [-0.3, -0.25) is 0 Å². The van der Waals surface area contributed by atoms with Crippen LogP contribution in [0.4, 0.5) is 0 Å². The minimum absolute atomic E-state index is 0.495. The molecule has 0 radical (unpaired) electrons. The lowest BCUT2D eigenvalue weighted by Gasteiger charge is -2.12. The summed E-state index contributed by atoms with van der Waals surface area (Å²) in [5.41, 5.74) is 13.1. The highest BCUT2D eigenvalue weighted by molar-refractivity contribution is 6.13. The molecule has 9 aromatic carbocycles. The first-order valence-electron chi connectivity index (χ1n) is 21.1. The molecule has 0 N–H and O–H groups in total. The van der Waals surface area contributed by atoms with E-state index in [0.29, 0.717) is 23.1 Å². The van der Waals surface area contributed by atoms with Crippen molar-refractivity contribution in [2.75, 3.05) is 0 Å². The molecule has 0 spiro atoms. The van der Waals surface area contributed by atoms with Gasteiger partial charge in [0.25, 0.3) is 0 Å². The predicted octanol–water partition coefficient (Wildman–Crippen LogP) is 15.1. The Kier molecular flexibility index (Phi) is 7.80. The van der Waals surface area contributed by atoms with Crippen LogP contribution in [0.3, 0.4) is 0 Å². The molecule has 294 valence electrons. The summed E-state index contributed by atoms with van der Waals surface area (Å²) in [6.07, 6.45) is 0. The van der Waals surface area contributed by atoms with Gasteiger partial charge in [-0.05, 0) is 76.9 Å². The highest BCUT2D eigenvalue weighted by atomic mass is 16.3. The summed E-state index contributed by atoms with van der Waals surface area (Å²) in [5, 5.41) is 6.38. The van der Waals surface area contributed by atoms with Gasteiger partial charge in [-0.1, -0.05) is 152 Å². The van der Waals surface area contributed by atoms with Gasteiger partial charge < -0.3 is 13.4 Å². The summed E-state index contributed by atoms with van der Waals surface area (Å²) in [6.45, 7) is 0. The number of hydrogen-bond acceptors (Lipinski definition) is 5. The third-order valence-corrected chi connectivity index (χ3v) is 12.3. The van der Waals surface area contributed by atoms with Gasteiger partial charge in [0.05, 0.1) is 22.2 Å². The van der Waals surface area contributed by atoms with E-state index in [4.69, 9.17) is 23.8 Å². The first-order valence-corrected chi connectivity index (χ1v) is 21.1. The Labute approximate surface area is 361 Å². The van der Waals surface area contributed by atoms with Crippen LogP contribution in [0.25, 0.3) is 128 Å². The maximum absolute atomic E-state index is 7.04. The van der Waals surface area contributed by atoms with Crippen LogP contribution in [0.2, 0.25) is 0 Å². The fraction of sp³-hybridized carbons (Fsp3) is 0. The number of fused-ring (bicyclic) bond motifs is 9. The van der Waals surface area contributed by atoms with Gasteiger partial charge in [-0.25, -0.2) is 15.0 Å². The third-order valence-electron chi connectivity index (χ3n) is 12.3. The monoisotopic (exact) mass is 806 g/mol. The van der Waals surface area contributed by atoms with Crippen LogP contribution in [0.15, 0.2) is 215 Å². The largest absolute Gasteiger partial charge is 0.455 e. The molecule has 0 saturated carbocycles. The minimum atomic E-state index is 0.495. The van der Waals surface area contributed by atoms with Crippen LogP contribution in [0, 0.1) is 0 Å². The number of rotatable bonds is 6. The van der Waals surface area contributed by atoms with Gasteiger partial charge >= 0.3 is 0 Å². The van der Waals surface area contributed by atoms with Crippen LogP contribution in [-0.2, 0) is 0 Å². The van der Waals surface area contributed by atoms with Crippen LogP contribution in [0.1, 0.15) is 0 Å². The fourth-order valence-corrected chi connectivity index (χ4v) is 9.30. The van der Waals surface area contributed by atoms with E-state index in [1.165, 1.54) is 16.3 Å². The van der Waals surface area contributed by atoms with Crippen LogP contribution < -0.4 is 0 Å². The first kappa shape index (κ1) is 35.2. The van der Waals surface area contributed by atoms with Gasteiger partial charge in [-0.15, -0.1) is 0 Å². The van der Waals surface area contributed by atoms with Crippen molar-refractivity contribution in [2.45, 2.75) is 0 Å². The molecule has 0 amide bonds. The molecule has 0 aliphatic rings. The van der Waals surface area contributed by atoms with Crippen molar-refractivity contribution in [2.24, 2.45) is 0 Å². The summed E-state index contributed by atoms with van der Waals surface area (Å²) in [6, 6.07) is 71.6. The maximum Gasteiger partial charge on any atom is 0.167 e. The molecule has 6 nitrogen and oxygen atoms in total. The number of hydrogen-bond donors (Lipinski definition) is 0. The Balaban J connectivity index is 1.09. The average Bonchev–Trinajstić information content (AvgIpc) is 4.04. The Morgan fingerprint density at radius 2 is 0.825 bits per heavy atom. The lowest BCUT2D eigenvalue weighted by atomic mass is 9.98. The first-order chi connectivity index (χ1) is 31.2. The lowest BCUT2D eigenvalue weighted by Crippen LogP contribution is -2.01. The number of para-hydroxylation sites is 4. The number of furan rings is 2. The SMILES string of the molecule is c1ccc(-c2cccc(-c3ccc4c(c3)oc3c(-c5nc(-c6ccccc6)nc(-c6cccc7c6oc6ccccc67)n5)cc(-n5c6ccccc6c6ccccc65)cc34)c2)cc1. The van der Waals surface area contributed by atoms with E-state index in [2.05, 4.69) is 144 Å². The molecule has 6 heteroatoms. The summed E-state index contributed by atoms with van der Waals surface area (Å²) >= 11 is 0. The molecule has 4 aromatic heterocycles. The topological polar surface area (TPSA) is 69.9 Å². The molecule has 13 rings (SSSR count). The molecule has 0 unspecified atom stereocenters. The van der Waals surface area contributed by atoms with Gasteiger partial charge in [-0.2, -0.15) is 0 Å². The van der Waals surface area contributed by atoms with E-state index in [1.54, 1.807) is 0 Å². The zero-order valence-electron chi connectivity index (χ0n) is 33.7. The second-order valence-electron chi connectivity index (χ2n) is 16.0. The highest BCUT2D eigenvalue weighted by Crippen LogP contribution is 2.42. The van der Waals surface area contributed by atoms with Crippen LogP contribution >= 0.6 is 0 Å². The fourth-order valence-electron chi connectivity index (χ4n) is 9.30. The molecular weight excluding hydrogens is 773 g/mol. The number of benzene rings is 9. The van der Waals surface area contributed by atoms with Crippen LogP contribution in [-0.4, -0.2) is 19.5 Å². The second-order valence-corrected chi connectivity index (χ2v) is 16.0. The van der Waals surface area contributed by atoms with E-state index in [1.807, 2.05) is 66.7 Å². The van der Waals surface area contributed by atoms with Crippen molar-refractivity contribution in [1.82, 2.24) is 19.5 Å². The predicted molar refractivity (Wildman–Crippen MR) is 256 cm³/mol. The summed E-state index contributed by atoms with van der Waals surface area (Å²) in [5.74, 6) is 1.56. The molecule has 0 atom stereocenters. The molecular formula is C57H34N4O2. The Bertz CT molecular complexity index is 3870. The third kappa shape index (κ3) is 5.69. The van der Waals surface area contributed by atoms with E-state index in [-0.39, 0.29) is 0 Å². The molecule has 0 bridgehead atoms. The van der Waals surface area contributed by atoms with E-state index < -0.39 is 0 Å². The summed E-state index contributed by atoms with van der Waals surface area (Å²) < 4.78 is 15.9. The molecule has 13 aromatic rings. The lowest BCUT2D eigenvalue weighted by molar-refractivity contribution is 0.669. The van der Waals surface area contributed by atoms with Crippen LogP contribution in [0.5, 0.6) is 0 Å². The van der Waals surface area contributed by atoms with E-state index in [9.17, 15) is 0 Å². The smallest absolute Gasteiger partial charge is 0.167 e. The van der Waals surface area contributed by atoms with Gasteiger partial charge in [0, 0.05) is 43.6 Å². The molecule has 63 heavy (non-hydrogen) atoms. The quantitative estimate of drug-likeness (QED) is 0.167. The molecule has 0 aliphatic heterocycles. The number of nitrogens with zero attached hydrogens (tertiary/aromatic N) is 4. The summed E-state index contributed by atoms with van der Waals surface area (Å²) in [4.78, 5) is 15.8. The molecule has 0 aliphatic carbocycles. The zero-order valence-corrected chi connectivity index (χ0v) is 33.7. The summed E-state index contributed by atoms with van der Waals surface area (Å²) in [7, 11) is 0. The normalized spacial score (nSPS) is 11.8. The molecule has 0 saturated heterocycles. The Morgan fingerprint density at radius 3 is 1.59 bits per heavy atom. The van der Waals surface area contributed by atoms with Gasteiger partial charge in [0.1, 0.15) is 22.3 Å². The highest BCUT2D eigenvalue weighted by Gasteiger charge is 2.23. The van der Waals surface area contributed by atoms with Crippen molar-refractivity contribution in [1.29, 1.82) is 0 Å². The second kappa shape index (κ2) is 14.0.